The topological polar surface area (TPSA) is 34.5 Å². The van der Waals surface area contributed by atoms with Gasteiger partial charge in [0.1, 0.15) is 22.3 Å². The highest BCUT2D eigenvalue weighted by molar-refractivity contribution is 6.19. The zero-order valence-corrected chi connectivity index (χ0v) is 33.7. The lowest BCUT2D eigenvalue weighted by molar-refractivity contribution is 0.660. The standard InChI is InChI=1S/C57H38N2O2.CH4/c1-57(2)43-20-9-6-18-39(43)54-44(57)21-12-23-47(54)59(48-24-13-27-52-55(48)40-19-8-11-26-50(40)60-52)49-25-14-28-53-56(49)42-34-36(30-32-51(42)61-53)35-29-31-46-41(33-35)38-17-7-10-22-45(38)58(46)37-15-4-3-5-16-37;/h3-34H,1-2H3;1H4. The van der Waals surface area contributed by atoms with E-state index in [0.29, 0.717) is 0 Å². The first kappa shape index (κ1) is 36.1. The summed E-state index contributed by atoms with van der Waals surface area (Å²) in [6.45, 7) is 4.69. The maximum Gasteiger partial charge on any atom is 0.137 e. The second-order valence-electron chi connectivity index (χ2n) is 16.8. The first-order chi connectivity index (χ1) is 30.0. The fourth-order valence-corrected chi connectivity index (χ4v) is 10.4. The molecule has 4 nitrogen and oxygen atoms in total. The van der Waals surface area contributed by atoms with E-state index in [-0.39, 0.29) is 12.8 Å². The lowest BCUT2D eigenvalue weighted by Gasteiger charge is -2.30. The quantitative estimate of drug-likeness (QED) is 0.174. The molecule has 0 fully saturated rings. The van der Waals surface area contributed by atoms with E-state index in [1.807, 2.05) is 6.07 Å². The minimum atomic E-state index is -0.167. The highest BCUT2D eigenvalue weighted by atomic mass is 16.3. The van der Waals surface area contributed by atoms with Gasteiger partial charge in [-0.15, -0.1) is 0 Å². The van der Waals surface area contributed by atoms with Crippen molar-refractivity contribution in [3.8, 4) is 27.9 Å². The van der Waals surface area contributed by atoms with Gasteiger partial charge in [-0.25, -0.2) is 0 Å². The lowest BCUT2D eigenvalue weighted by atomic mass is 9.82. The molecule has 0 aliphatic heterocycles. The minimum Gasteiger partial charge on any atom is -0.456 e. The van der Waals surface area contributed by atoms with Crippen molar-refractivity contribution < 1.29 is 8.83 Å². The van der Waals surface area contributed by atoms with Crippen LogP contribution >= 0.6 is 0 Å². The molecule has 0 saturated carbocycles. The van der Waals surface area contributed by atoms with Crippen LogP contribution in [0.1, 0.15) is 32.4 Å². The number of hydrogen-bond donors (Lipinski definition) is 0. The van der Waals surface area contributed by atoms with E-state index in [9.17, 15) is 0 Å². The second-order valence-corrected chi connectivity index (χ2v) is 16.8. The van der Waals surface area contributed by atoms with E-state index in [2.05, 4.69) is 211 Å². The molecule has 62 heavy (non-hydrogen) atoms. The summed E-state index contributed by atoms with van der Waals surface area (Å²) >= 11 is 0. The van der Waals surface area contributed by atoms with Gasteiger partial charge in [0.2, 0.25) is 0 Å². The molecule has 0 amide bonds. The minimum absolute atomic E-state index is 0. The van der Waals surface area contributed by atoms with Crippen LogP contribution in [-0.4, -0.2) is 4.57 Å². The normalized spacial score (nSPS) is 13.0. The van der Waals surface area contributed by atoms with Gasteiger partial charge in [-0.05, 0) is 107 Å². The van der Waals surface area contributed by atoms with Crippen LogP contribution in [0.5, 0.6) is 0 Å². The summed E-state index contributed by atoms with van der Waals surface area (Å²) in [5, 5.41) is 6.75. The molecule has 0 unspecified atom stereocenters. The van der Waals surface area contributed by atoms with Crippen LogP contribution in [0.25, 0.3) is 93.6 Å². The Labute approximate surface area is 359 Å². The van der Waals surface area contributed by atoms with E-state index in [1.165, 1.54) is 44.1 Å². The number of fused-ring (bicyclic) bond motifs is 12. The Morgan fingerprint density at radius 1 is 0.419 bits per heavy atom. The maximum atomic E-state index is 6.76. The van der Waals surface area contributed by atoms with Gasteiger partial charge in [0.05, 0.1) is 38.9 Å². The van der Waals surface area contributed by atoms with E-state index < -0.39 is 0 Å². The van der Waals surface area contributed by atoms with Crippen LogP contribution in [0, 0.1) is 0 Å². The summed E-state index contributed by atoms with van der Waals surface area (Å²) in [4.78, 5) is 2.47. The average molecular weight is 799 g/mol. The number of hydrogen-bond acceptors (Lipinski definition) is 3. The number of aromatic nitrogens is 1. The van der Waals surface area contributed by atoms with Gasteiger partial charge in [0, 0.05) is 38.2 Å². The first-order valence-electron chi connectivity index (χ1n) is 21.0. The van der Waals surface area contributed by atoms with Gasteiger partial charge in [0.25, 0.3) is 0 Å². The van der Waals surface area contributed by atoms with Crippen molar-refractivity contribution in [3.05, 3.63) is 205 Å². The zero-order valence-electron chi connectivity index (χ0n) is 33.7. The molecule has 0 saturated heterocycles. The molecule has 1 aliphatic carbocycles. The molecule has 0 N–H and O–H groups in total. The third-order valence-electron chi connectivity index (χ3n) is 13.2. The zero-order chi connectivity index (χ0) is 40.4. The summed E-state index contributed by atoms with van der Waals surface area (Å²) < 4.78 is 15.7. The highest BCUT2D eigenvalue weighted by Gasteiger charge is 2.38. The number of para-hydroxylation sites is 3. The SMILES string of the molecule is C.CC1(C)c2ccccc2-c2c(N(c3cccc4oc5ccccc5c34)c3cccc4oc5ccc(-c6ccc7c(c6)c6ccccc6n7-c6ccccc6)cc5c34)cccc21. The van der Waals surface area contributed by atoms with Crippen molar-refractivity contribution in [2.75, 3.05) is 4.90 Å². The first-order valence-corrected chi connectivity index (χ1v) is 21.0. The Kier molecular flexibility index (Phi) is 7.76. The molecular formula is C58H42N2O2. The Morgan fingerprint density at radius 3 is 1.76 bits per heavy atom. The molecule has 0 radical (unpaired) electrons. The molecule has 296 valence electrons. The molecule has 3 aromatic heterocycles. The summed E-state index contributed by atoms with van der Waals surface area (Å²) in [5.74, 6) is 0. The molecule has 13 rings (SSSR count). The Hall–Kier alpha value is -7.82. The predicted molar refractivity (Wildman–Crippen MR) is 260 cm³/mol. The average Bonchev–Trinajstić information content (AvgIpc) is 4.04. The largest absolute Gasteiger partial charge is 0.456 e. The van der Waals surface area contributed by atoms with E-state index in [0.717, 1.165) is 77.8 Å². The third-order valence-corrected chi connectivity index (χ3v) is 13.2. The molecule has 12 aromatic rings. The van der Waals surface area contributed by atoms with Crippen LogP contribution < -0.4 is 4.90 Å². The third kappa shape index (κ3) is 5.01. The molecule has 3 heterocycles. The van der Waals surface area contributed by atoms with Gasteiger partial charge in [-0.2, -0.15) is 0 Å². The lowest BCUT2D eigenvalue weighted by Crippen LogP contribution is -2.16. The fraction of sp³-hybridized carbons (Fsp3) is 0.0690. The van der Waals surface area contributed by atoms with E-state index >= 15 is 0 Å². The van der Waals surface area contributed by atoms with Gasteiger partial charge < -0.3 is 18.3 Å². The molecule has 4 heteroatoms. The van der Waals surface area contributed by atoms with Crippen LogP contribution in [0.2, 0.25) is 0 Å². The van der Waals surface area contributed by atoms with Gasteiger partial charge in [0.15, 0.2) is 0 Å². The molecule has 0 spiro atoms. The van der Waals surface area contributed by atoms with Gasteiger partial charge in [-0.3, -0.25) is 0 Å². The molecule has 9 aromatic carbocycles. The van der Waals surface area contributed by atoms with Gasteiger partial charge in [-0.1, -0.05) is 137 Å². The van der Waals surface area contributed by atoms with Crippen LogP contribution in [0.3, 0.4) is 0 Å². The van der Waals surface area contributed by atoms with Crippen LogP contribution in [0.4, 0.5) is 17.1 Å². The number of anilines is 3. The van der Waals surface area contributed by atoms with Crippen LogP contribution in [0.15, 0.2) is 203 Å². The molecular weight excluding hydrogens is 757 g/mol. The van der Waals surface area contributed by atoms with E-state index in [1.54, 1.807) is 0 Å². The van der Waals surface area contributed by atoms with Crippen LogP contribution in [-0.2, 0) is 5.41 Å². The Balaban J connectivity index is 0.00000410. The molecule has 1 aliphatic rings. The maximum absolute atomic E-state index is 6.76. The van der Waals surface area contributed by atoms with Crippen molar-refractivity contribution >= 4 is 82.7 Å². The van der Waals surface area contributed by atoms with Crippen molar-refractivity contribution in [2.45, 2.75) is 26.7 Å². The number of nitrogens with zero attached hydrogens (tertiary/aromatic N) is 2. The summed E-state index contributed by atoms with van der Waals surface area (Å²) in [5.41, 5.74) is 17.5. The smallest absolute Gasteiger partial charge is 0.137 e. The van der Waals surface area contributed by atoms with E-state index in [4.69, 9.17) is 8.83 Å². The Bertz CT molecular complexity index is 3750. The molecule has 0 bridgehead atoms. The van der Waals surface area contributed by atoms with Crippen molar-refractivity contribution in [3.63, 3.8) is 0 Å². The number of benzene rings is 9. The van der Waals surface area contributed by atoms with Gasteiger partial charge >= 0.3 is 0 Å². The number of rotatable bonds is 5. The highest BCUT2D eigenvalue weighted by Crippen LogP contribution is 2.56. The predicted octanol–water partition coefficient (Wildman–Crippen LogP) is 16.7. The van der Waals surface area contributed by atoms with Crippen molar-refractivity contribution in [1.29, 1.82) is 0 Å². The number of furan rings is 2. The Morgan fingerprint density at radius 2 is 0.968 bits per heavy atom. The summed E-state index contributed by atoms with van der Waals surface area (Å²) in [6, 6.07) is 69.9. The summed E-state index contributed by atoms with van der Waals surface area (Å²) in [6.07, 6.45) is 0. The second kappa shape index (κ2) is 13.3. The van der Waals surface area contributed by atoms with Crippen molar-refractivity contribution in [1.82, 2.24) is 4.57 Å². The summed E-state index contributed by atoms with van der Waals surface area (Å²) in [7, 11) is 0. The van der Waals surface area contributed by atoms with Crippen molar-refractivity contribution in [2.24, 2.45) is 0 Å². The fourth-order valence-electron chi connectivity index (χ4n) is 10.4. The monoisotopic (exact) mass is 798 g/mol. The molecule has 0 atom stereocenters.